The molecule has 2 N–H and O–H groups in total. The zero-order chi connectivity index (χ0) is 10.7. The molecule has 0 aromatic carbocycles. The van der Waals surface area contributed by atoms with Gasteiger partial charge < -0.3 is 10.4 Å². The molecule has 0 aromatic heterocycles. The fraction of sp³-hybridized carbons (Fsp3) is 1.00. The molecule has 2 saturated carbocycles. The second-order valence-electron chi connectivity index (χ2n) is 5.48. The van der Waals surface area contributed by atoms with Crippen LogP contribution in [0.15, 0.2) is 0 Å². The number of aliphatic hydroxyl groups excluding tert-OH is 1. The first-order valence-electron chi connectivity index (χ1n) is 6.65. The van der Waals surface area contributed by atoms with Gasteiger partial charge in [0.2, 0.25) is 0 Å². The molecular formula is C13H25NO. The number of hydrogen-bond donors (Lipinski definition) is 2. The van der Waals surface area contributed by atoms with Crippen molar-refractivity contribution in [1.82, 2.24) is 5.32 Å². The van der Waals surface area contributed by atoms with Crippen LogP contribution in [0.3, 0.4) is 0 Å². The average Bonchev–Trinajstić information content (AvgIpc) is 3.02. The van der Waals surface area contributed by atoms with Crippen LogP contribution in [0.1, 0.15) is 51.9 Å². The minimum atomic E-state index is 0.273. The van der Waals surface area contributed by atoms with E-state index in [1.165, 1.54) is 38.5 Å². The van der Waals surface area contributed by atoms with E-state index in [0.29, 0.717) is 6.61 Å². The molecule has 2 heteroatoms. The molecule has 2 atom stereocenters. The summed E-state index contributed by atoms with van der Waals surface area (Å²) in [5.74, 6) is 1.98. The van der Waals surface area contributed by atoms with Crippen molar-refractivity contribution in [2.24, 2.45) is 11.8 Å². The molecule has 2 rings (SSSR count). The van der Waals surface area contributed by atoms with E-state index in [1.54, 1.807) is 0 Å². The van der Waals surface area contributed by atoms with Crippen molar-refractivity contribution in [2.45, 2.75) is 57.4 Å². The maximum absolute atomic E-state index is 9.21. The minimum Gasteiger partial charge on any atom is -0.396 e. The SMILES string of the molecule is CCNC1(CCO)CCCC(C2CC2)C1. The van der Waals surface area contributed by atoms with Crippen molar-refractivity contribution in [2.75, 3.05) is 13.2 Å². The smallest absolute Gasteiger partial charge is 0.0448 e. The summed E-state index contributed by atoms with van der Waals surface area (Å²) in [7, 11) is 0. The van der Waals surface area contributed by atoms with Gasteiger partial charge in [0.15, 0.2) is 0 Å². The van der Waals surface area contributed by atoms with Crippen molar-refractivity contribution < 1.29 is 5.11 Å². The van der Waals surface area contributed by atoms with Gasteiger partial charge in [-0.1, -0.05) is 19.8 Å². The molecule has 2 fully saturated rings. The summed E-state index contributed by atoms with van der Waals surface area (Å²) in [4.78, 5) is 0. The van der Waals surface area contributed by atoms with E-state index in [-0.39, 0.29) is 5.54 Å². The molecule has 0 saturated heterocycles. The van der Waals surface area contributed by atoms with E-state index in [2.05, 4.69) is 12.2 Å². The Morgan fingerprint density at radius 2 is 2.07 bits per heavy atom. The Morgan fingerprint density at radius 1 is 1.27 bits per heavy atom. The number of aliphatic hydroxyl groups is 1. The zero-order valence-corrected chi connectivity index (χ0v) is 9.97. The Morgan fingerprint density at radius 3 is 2.67 bits per heavy atom. The van der Waals surface area contributed by atoms with Crippen LogP contribution in [0.4, 0.5) is 0 Å². The van der Waals surface area contributed by atoms with Crippen LogP contribution in [0.5, 0.6) is 0 Å². The third-order valence-electron chi connectivity index (χ3n) is 4.31. The Hall–Kier alpha value is -0.0800. The number of nitrogens with one attached hydrogen (secondary N) is 1. The van der Waals surface area contributed by atoms with Crippen LogP contribution in [0, 0.1) is 11.8 Å². The van der Waals surface area contributed by atoms with Crippen LogP contribution in [-0.4, -0.2) is 23.8 Å². The van der Waals surface area contributed by atoms with Crippen LogP contribution in [0.2, 0.25) is 0 Å². The molecule has 0 heterocycles. The minimum absolute atomic E-state index is 0.273. The molecule has 0 aliphatic heterocycles. The molecule has 15 heavy (non-hydrogen) atoms. The number of rotatable bonds is 5. The van der Waals surface area contributed by atoms with Gasteiger partial charge in [0.1, 0.15) is 0 Å². The second-order valence-corrected chi connectivity index (χ2v) is 5.48. The molecule has 0 aromatic rings. The molecule has 0 radical (unpaired) electrons. The predicted octanol–water partition coefficient (Wildman–Crippen LogP) is 2.32. The maximum Gasteiger partial charge on any atom is 0.0448 e. The van der Waals surface area contributed by atoms with Crippen LogP contribution >= 0.6 is 0 Å². The van der Waals surface area contributed by atoms with Crippen molar-refractivity contribution in [3.8, 4) is 0 Å². The summed E-state index contributed by atoms with van der Waals surface area (Å²) >= 11 is 0. The highest BCUT2D eigenvalue weighted by Crippen LogP contribution is 2.47. The quantitative estimate of drug-likeness (QED) is 0.731. The van der Waals surface area contributed by atoms with E-state index in [0.717, 1.165) is 24.8 Å². The molecule has 2 nitrogen and oxygen atoms in total. The van der Waals surface area contributed by atoms with Gasteiger partial charge in [0, 0.05) is 12.1 Å². The van der Waals surface area contributed by atoms with Gasteiger partial charge in [-0.15, -0.1) is 0 Å². The molecule has 0 amide bonds. The van der Waals surface area contributed by atoms with E-state index >= 15 is 0 Å². The summed E-state index contributed by atoms with van der Waals surface area (Å²) in [6, 6.07) is 0. The van der Waals surface area contributed by atoms with Gasteiger partial charge in [0.05, 0.1) is 0 Å². The third kappa shape index (κ3) is 2.73. The van der Waals surface area contributed by atoms with Crippen molar-refractivity contribution >= 4 is 0 Å². The Bertz CT molecular complexity index is 189. The van der Waals surface area contributed by atoms with Gasteiger partial charge in [-0.2, -0.15) is 0 Å². The first-order valence-corrected chi connectivity index (χ1v) is 6.65. The van der Waals surface area contributed by atoms with Crippen LogP contribution in [0.25, 0.3) is 0 Å². The second kappa shape index (κ2) is 4.84. The lowest BCUT2D eigenvalue weighted by molar-refractivity contribution is 0.127. The normalized spacial score (nSPS) is 36.8. The Balaban J connectivity index is 1.95. The van der Waals surface area contributed by atoms with Crippen molar-refractivity contribution in [3.05, 3.63) is 0 Å². The highest BCUT2D eigenvalue weighted by atomic mass is 16.3. The first-order chi connectivity index (χ1) is 7.29. The summed E-state index contributed by atoms with van der Waals surface area (Å²) < 4.78 is 0. The molecule has 2 aliphatic carbocycles. The summed E-state index contributed by atoms with van der Waals surface area (Å²) in [5.41, 5.74) is 0.273. The molecule has 88 valence electrons. The monoisotopic (exact) mass is 211 g/mol. The summed E-state index contributed by atoms with van der Waals surface area (Å²) in [6.45, 7) is 3.56. The topological polar surface area (TPSA) is 32.3 Å². The molecule has 0 bridgehead atoms. The fourth-order valence-electron chi connectivity index (χ4n) is 3.44. The summed E-state index contributed by atoms with van der Waals surface area (Å²) in [5, 5.41) is 12.9. The molecule has 0 spiro atoms. The van der Waals surface area contributed by atoms with E-state index in [1.807, 2.05) is 0 Å². The lowest BCUT2D eigenvalue weighted by Crippen LogP contribution is -2.49. The maximum atomic E-state index is 9.21. The van der Waals surface area contributed by atoms with E-state index < -0.39 is 0 Å². The van der Waals surface area contributed by atoms with Gasteiger partial charge in [-0.05, 0) is 50.5 Å². The van der Waals surface area contributed by atoms with Crippen LogP contribution < -0.4 is 5.32 Å². The highest BCUT2D eigenvalue weighted by molar-refractivity contribution is 4.97. The van der Waals surface area contributed by atoms with E-state index in [4.69, 9.17) is 0 Å². The van der Waals surface area contributed by atoms with E-state index in [9.17, 15) is 5.11 Å². The standard InChI is InChI=1S/C13H25NO/c1-2-14-13(8-9-15)7-3-4-12(10-13)11-5-6-11/h11-12,14-15H,2-10H2,1H3. The Kier molecular flexibility index (Phi) is 3.68. The Labute approximate surface area is 93.5 Å². The van der Waals surface area contributed by atoms with Crippen molar-refractivity contribution in [3.63, 3.8) is 0 Å². The summed E-state index contributed by atoms with van der Waals surface area (Å²) in [6.07, 6.45) is 9.25. The largest absolute Gasteiger partial charge is 0.396 e. The number of hydrogen-bond acceptors (Lipinski definition) is 2. The first kappa shape index (κ1) is 11.4. The predicted molar refractivity (Wildman–Crippen MR) is 62.8 cm³/mol. The van der Waals surface area contributed by atoms with Gasteiger partial charge in [-0.3, -0.25) is 0 Å². The van der Waals surface area contributed by atoms with Gasteiger partial charge >= 0.3 is 0 Å². The third-order valence-corrected chi connectivity index (χ3v) is 4.31. The molecule has 2 unspecified atom stereocenters. The van der Waals surface area contributed by atoms with Gasteiger partial charge in [0.25, 0.3) is 0 Å². The van der Waals surface area contributed by atoms with Crippen molar-refractivity contribution in [1.29, 1.82) is 0 Å². The average molecular weight is 211 g/mol. The van der Waals surface area contributed by atoms with Gasteiger partial charge in [-0.25, -0.2) is 0 Å². The van der Waals surface area contributed by atoms with Crippen LogP contribution in [-0.2, 0) is 0 Å². The molecule has 2 aliphatic rings. The fourth-order valence-corrected chi connectivity index (χ4v) is 3.44. The zero-order valence-electron chi connectivity index (χ0n) is 9.97. The lowest BCUT2D eigenvalue weighted by atomic mass is 9.72. The highest BCUT2D eigenvalue weighted by Gasteiger charge is 2.41. The molecular weight excluding hydrogens is 186 g/mol. The lowest BCUT2D eigenvalue weighted by Gasteiger charge is -2.42.